The number of hydrogen-bond acceptors (Lipinski definition) is 4. The lowest BCUT2D eigenvalue weighted by Gasteiger charge is -2.04. The number of aromatic nitrogens is 4. The van der Waals surface area contributed by atoms with Gasteiger partial charge in [0.1, 0.15) is 11.5 Å². The molecule has 0 radical (unpaired) electrons. The van der Waals surface area contributed by atoms with Crippen molar-refractivity contribution in [3.8, 4) is 34.0 Å². The van der Waals surface area contributed by atoms with Gasteiger partial charge >= 0.3 is 0 Å². The maximum Gasteiger partial charge on any atom is 0.170 e. The van der Waals surface area contributed by atoms with Crippen molar-refractivity contribution < 1.29 is 4.52 Å². The molecule has 0 bridgehead atoms. The highest BCUT2D eigenvalue weighted by molar-refractivity contribution is 5.80. The summed E-state index contributed by atoms with van der Waals surface area (Å²) in [7, 11) is 0. The molecule has 0 saturated heterocycles. The summed E-state index contributed by atoms with van der Waals surface area (Å²) in [6, 6.07) is 18.3. The zero-order valence-corrected chi connectivity index (χ0v) is 13.1. The number of nitrogens with zero attached hydrogens (tertiary/aromatic N) is 4. The second kappa shape index (κ2) is 4.89. The van der Waals surface area contributed by atoms with Gasteiger partial charge in [0.05, 0.1) is 12.1 Å². The van der Waals surface area contributed by atoms with Gasteiger partial charge in [-0.3, -0.25) is 0 Å². The van der Waals surface area contributed by atoms with E-state index in [0.29, 0.717) is 0 Å². The molecule has 5 rings (SSSR count). The van der Waals surface area contributed by atoms with E-state index in [4.69, 9.17) is 4.52 Å². The molecule has 0 atom stereocenters. The molecular weight excluding hydrogens is 300 g/mol. The zero-order chi connectivity index (χ0) is 16.1. The van der Waals surface area contributed by atoms with E-state index in [-0.39, 0.29) is 0 Å². The highest BCUT2D eigenvalue weighted by Gasteiger charge is 2.28. The van der Waals surface area contributed by atoms with E-state index in [0.717, 1.165) is 46.3 Å². The van der Waals surface area contributed by atoms with Crippen LogP contribution in [-0.4, -0.2) is 19.9 Å². The smallest absolute Gasteiger partial charge is 0.170 e. The second-order valence-electron chi connectivity index (χ2n) is 5.92. The summed E-state index contributed by atoms with van der Waals surface area (Å²) >= 11 is 0. The maximum absolute atomic E-state index is 5.48. The van der Waals surface area contributed by atoms with Crippen molar-refractivity contribution in [1.82, 2.24) is 19.9 Å². The molecule has 1 aliphatic heterocycles. The Morgan fingerprint density at radius 3 is 2.54 bits per heavy atom. The summed E-state index contributed by atoms with van der Waals surface area (Å²) in [4.78, 5) is 0. The van der Waals surface area contributed by atoms with Crippen LogP contribution in [0.25, 0.3) is 34.0 Å². The van der Waals surface area contributed by atoms with Crippen molar-refractivity contribution in [3.63, 3.8) is 0 Å². The zero-order valence-electron chi connectivity index (χ0n) is 13.1. The van der Waals surface area contributed by atoms with Gasteiger partial charge < -0.3 is 9.09 Å². The fraction of sp³-hybridized carbons (Fsp3) is 0.105. The molecule has 2 aromatic heterocycles. The third-order valence-electron chi connectivity index (χ3n) is 4.47. The Balaban J connectivity index is 1.71. The van der Waals surface area contributed by atoms with Gasteiger partial charge in [0, 0.05) is 11.1 Å². The van der Waals surface area contributed by atoms with Gasteiger partial charge in [-0.2, -0.15) is 0 Å². The molecule has 1 aliphatic rings. The molecule has 5 nitrogen and oxygen atoms in total. The van der Waals surface area contributed by atoms with Crippen LogP contribution in [0, 0.1) is 6.92 Å². The molecule has 3 heterocycles. The van der Waals surface area contributed by atoms with Gasteiger partial charge in [0.15, 0.2) is 11.6 Å². The molecule has 0 fully saturated rings. The van der Waals surface area contributed by atoms with Crippen LogP contribution in [0.2, 0.25) is 0 Å². The van der Waals surface area contributed by atoms with E-state index in [1.807, 2.05) is 43.3 Å². The van der Waals surface area contributed by atoms with Crippen molar-refractivity contribution in [2.45, 2.75) is 13.5 Å². The third-order valence-corrected chi connectivity index (χ3v) is 4.47. The summed E-state index contributed by atoms with van der Waals surface area (Å²) in [6.07, 6.45) is 0. The van der Waals surface area contributed by atoms with E-state index in [2.05, 4.69) is 38.1 Å². The number of aryl methyl sites for hydroxylation is 1. The van der Waals surface area contributed by atoms with Crippen molar-refractivity contribution in [2.24, 2.45) is 0 Å². The first kappa shape index (κ1) is 13.2. The maximum atomic E-state index is 5.48. The molecule has 0 N–H and O–H groups in total. The van der Waals surface area contributed by atoms with E-state index >= 15 is 0 Å². The predicted octanol–water partition coefficient (Wildman–Crippen LogP) is 3.94. The Bertz CT molecular complexity index is 1050. The average molecular weight is 314 g/mol. The topological polar surface area (TPSA) is 56.7 Å². The van der Waals surface area contributed by atoms with E-state index in [1.54, 1.807) is 0 Å². The Kier molecular flexibility index (Phi) is 2.70. The monoisotopic (exact) mass is 314 g/mol. The number of benzene rings is 2. The van der Waals surface area contributed by atoms with Crippen LogP contribution in [-0.2, 0) is 6.54 Å². The quantitative estimate of drug-likeness (QED) is 0.495. The van der Waals surface area contributed by atoms with Crippen molar-refractivity contribution >= 4 is 0 Å². The summed E-state index contributed by atoms with van der Waals surface area (Å²) in [5, 5.41) is 13.1. The van der Waals surface area contributed by atoms with Crippen LogP contribution in [0.3, 0.4) is 0 Å². The van der Waals surface area contributed by atoms with Gasteiger partial charge in [-0.15, -0.1) is 10.2 Å². The fourth-order valence-electron chi connectivity index (χ4n) is 3.31. The molecular formula is C19H14N4O. The standard InChI is InChI=1S/C19H14N4O/c1-12-16(17(22-24-12)13-7-3-2-4-8-13)19-21-20-18-15-10-6-5-9-14(15)11-23(18)19/h2-10H,11H2,1H3. The van der Waals surface area contributed by atoms with Crippen LogP contribution >= 0.6 is 0 Å². The lowest BCUT2D eigenvalue weighted by atomic mass is 10.1. The predicted molar refractivity (Wildman–Crippen MR) is 90.2 cm³/mol. The molecule has 116 valence electrons. The summed E-state index contributed by atoms with van der Waals surface area (Å²) in [5.41, 5.74) is 5.13. The van der Waals surface area contributed by atoms with Crippen LogP contribution in [0.1, 0.15) is 11.3 Å². The van der Waals surface area contributed by atoms with E-state index < -0.39 is 0 Å². The first-order valence-corrected chi connectivity index (χ1v) is 7.86. The van der Waals surface area contributed by atoms with Crippen LogP contribution in [0.15, 0.2) is 59.1 Å². The first-order valence-electron chi connectivity index (χ1n) is 7.86. The van der Waals surface area contributed by atoms with Crippen LogP contribution < -0.4 is 0 Å². The number of rotatable bonds is 2. The van der Waals surface area contributed by atoms with Gasteiger partial charge in [-0.25, -0.2) is 0 Å². The van der Waals surface area contributed by atoms with Crippen molar-refractivity contribution in [1.29, 1.82) is 0 Å². The summed E-state index contributed by atoms with van der Waals surface area (Å²) < 4.78 is 7.62. The van der Waals surface area contributed by atoms with Crippen LogP contribution in [0.4, 0.5) is 0 Å². The van der Waals surface area contributed by atoms with Gasteiger partial charge in [-0.05, 0) is 12.5 Å². The molecule has 0 spiro atoms. The Hall–Kier alpha value is -3.21. The minimum atomic E-state index is 0.750. The third kappa shape index (κ3) is 1.78. The van der Waals surface area contributed by atoms with Gasteiger partial charge in [0.25, 0.3) is 0 Å². The average Bonchev–Trinajstić information content (AvgIpc) is 3.29. The highest BCUT2D eigenvalue weighted by atomic mass is 16.5. The lowest BCUT2D eigenvalue weighted by molar-refractivity contribution is 0.400. The molecule has 24 heavy (non-hydrogen) atoms. The molecule has 0 unspecified atom stereocenters. The highest BCUT2D eigenvalue weighted by Crippen LogP contribution is 2.38. The largest absolute Gasteiger partial charge is 0.360 e. The van der Waals surface area contributed by atoms with Gasteiger partial charge in [-0.1, -0.05) is 59.8 Å². The molecule has 4 aromatic rings. The molecule has 0 aliphatic carbocycles. The number of hydrogen-bond donors (Lipinski definition) is 0. The summed E-state index contributed by atoms with van der Waals surface area (Å²) in [6.45, 7) is 2.69. The summed E-state index contributed by atoms with van der Waals surface area (Å²) in [5.74, 6) is 2.46. The first-order chi connectivity index (χ1) is 11.8. The van der Waals surface area contributed by atoms with Crippen molar-refractivity contribution in [2.75, 3.05) is 0 Å². The molecule has 5 heteroatoms. The lowest BCUT2D eigenvalue weighted by Crippen LogP contribution is -1.98. The Labute approximate surface area is 138 Å². The van der Waals surface area contributed by atoms with Crippen molar-refractivity contribution in [3.05, 3.63) is 65.9 Å². The SMILES string of the molecule is Cc1onc(-c2ccccc2)c1-c1nnc2n1Cc1ccccc1-2. The fourth-order valence-corrected chi connectivity index (χ4v) is 3.31. The van der Waals surface area contributed by atoms with E-state index in [9.17, 15) is 0 Å². The van der Waals surface area contributed by atoms with E-state index in [1.165, 1.54) is 5.56 Å². The normalized spacial score (nSPS) is 12.2. The molecule has 0 saturated carbocycles. The molecule has 0 amide bonds. The number of fused-ring (bicyclic) bond motifs is 3. The minimum absolute atomic E-state index is 0.750. The Morgan fingerprint density at radius 2 is 1.67 bits per heavy atom. The van der Waals surface area contributed by atoms with Gasteiger partial charge in [0.2, 0.25) is 0 Å². The van der Waals surface area contributed by atoms with Crippen LogP contribution in [0.5, 0.6) is 0 Å². The Morgan fingerprint density at radius 1 is 0.917 bits per heavy atom. The molecule has 2 aromatic carbocycles. The minimum Gasteiger partial charge on any atom is -0.360 e. The second-order valence-corrected chi connectivity index (χ2v) is 5.92.